The van der Waals surface area contributed by atoms with E-state index in [1.807, 2.05) is 36.5 Å². The third-order valence-electron chi connectivity index (χ3n) is 4.16. The van der Waals surface area contributed by atoms with E-state index in [2.05, 4.69) is 22.1 Å². The first-order chi connectivity index (χ1) is 11.6. The second-order valence-electron chi connectivity index (χ2n) is 5.97. The summed E-state index contributed by atoms with van der Waals surface area (Å²) in [5.41, 5.74) is 7.26. The molecule has 0 saturated heterocycles. The highest BCUT2D eigenvalue weighted by Crippen LogP contribution is 2.18. The normalized spacial score (nSPS) is 11.7. The molecule has 0 fully saturated rings. The number of nitrogens with one attached hydrogen (secondary N) is 2. The van der Waals surface area contributed by atoms with E-state index in [0.29, 0.717) is 13.0 Å². The molecular formula is C19H22ClN3O2. The lowest BCUT2D eigenvalue weighted by Crippen LogP contribution is -3.00. The summed E-state index contributed by atoms with van der Waals surface area (Å²) in [5.74, 6) is 0.207. The number of hydrogen-bond donors (Lipinski definition) is 4. The van der Waals surface area contributed by atoms with E-state index in [1.165, 1.54) is 0 Å². The van der Waals surface area contributed by atoms with Crippen LogP contribution in [-0.4, -0.2) is 28.6 Å². The van der Waals surface area contributed by atoms with E-state index < -0.39 is 0 Å². The van der Waals surface area contributed by atoms with Crippen molar-refractivity contribution in [3.8, 4) is 5.75 Å². The van der Waals surface area contributed by atoms with Crippen molar-refractivity contribution in [3.63, 3.8) is 0 Å². The number of fused-ring (bicyclic) bond motifs is 1. The fourth-order valence-corrected chi connectivity index (χ4v) is 2.80. The van der Waals surface area contributed by atoms with Crippen LogP contribution in [0.2, 0.25) is 0 Å². The van der Waals surface area contributed by atoms with Gasteiger partial charge in [-0.15, -0.1) is 0 Å². The fraction of sp³-hybridized carbons (Fsp3) is 0.211. The van der Waals surface area contributed by atoms with Gasteiger partial charge in [-0.25, -0.2) is 0 Å². The molecule has 6 heteroatoms. The number of phenols is 1. The van der Waals surface area contributed by atoms with Crippen LogP contribution < -0.4 is 23.5 Å². The number of aromatic amines is 1. The number of benzene rings is 2. The summed E-state index contributed by atoms with van der Waals surface area (Å²) >= 11 is 0. The first-order valence-corrected chi connectivity index (χ1v) is 8.07. The molecule has 5 nitrogen and oxygen atoms in total. The molecule has 0 aliphatic carbocycles. The van der Waals surface area contributed by atoms with Gasteiger partial charge in [-0.3, -0.25) is 4.79 Å². The summed E-state index contributed by atoms with van der Waals surface area (Å²) < 4.78 is 0. The summed E-state index contributed by atoms with van der Waals surface area (Å²) in [5, 5.41) is 13.3. The Balaban J connectivity index is 0.00000225. The molecule has 1 atom stereocenters. The van der Waals surface area contributed by atoms with Crippen molar-refractivity contribution in [3.05, 3.63) is 65.9 Å². The van der Waals surface area contributed by atoms with Gasteiger partial charge >= 0.3 is 0 Å². The van der Waals surface area contributed by atoms with Gasteiger partial charge in [0.1, 0.15) is 5.75 Å². The van der Waals surface area contributed by atoms with Crippen LogP contribution in [0.25, 0.3) is 10.9 Å². The fourth-order valence-electron chi connectivity index (χ4n) is 2.80. The van der Waals surface area contributed by atoms with Crippen molar-refractivity contribution in [2.75, 3.05) is 6.54 Å². The van der Waals surface area contributed by atoms with Crippen LogP contribution in [0.15, 0.2) is 54.7 Å². The SMILES string of the molecule is [Cl-].[NH3+][C@@H](Cc1c[nH]c2ccccc12)C(=O)NCCc1ccc(O)cc1. The van der Waals surface area contributed by atoms with Crippen LogP contribution in [0, 0.1) is 0 Å². The zero-order valence-corrected chi connectivity index (χ0v) is 14.6. The van der Waals surface area contributed by atoms with Gasteiger partial charge in [0.25, 0.3) is 5.91 Å². The number of hydrogen-bond acceptors (Lipinski definition) is 2. The maximum absolute atomic E-state index is 12.2. The molecule has 25 heavy (non-hydrogen) atoms. The number of carbonyl (C=O) groups excluding carboxylic acids is 1. The number of para-hydroxylation sites is 1. The molecule has 1 amide bonds. The molecule has 0 aliphatic heterocycles. The molecule has 0 saturated carbocycles. The van der Waals surface area contributed by atoms with E-state index in [9.17, 15) is 9.90 Å². The van der Waals surface area contributed by atoms with E-state index >= 15 is 0 Å². The Kier molecular flexibility index (Phi) is 6.44. The average Bonchev–Trinajstić information content (AvgIpc) is 3.00. The van der Waals surface area contributed by atoms with Gasteiger partial charge in [0.2, 0.25) is 0 Å². The van der Waals surface area contributed by atoms with Crippen LogP contribution in [0.4, 0.5) is 0 Å². The highest BCUT2D eigenvalue weighted by atomic mass is 35.5. The van der Waals surface area contributed by atoms with Gasteiger partial charge < -0.3 is 33.5 Å². The Labute approximate surface area is 152 Å². The summed E-state index contributed by atoms with van der Waals surface area (Å²) in [7, 11) is 0. The van der Waals surface area contributed by atoms with Gasteiger partial charge in [0.15, 0.2) is 6.04 Å². The number of H-pyrrole nitrogens is 1. The van der Waals surface area contributed by atoms with Crippen molar-refractivity contribution in [2.24, 2.45) is 0 Å². The minimum absolute atomic E-state index is 0. The van der Waals surface area contributed by atoms with Gasteiger partial charge in [-0.1, -0.05) is 30.3 Å². The quantitative estimate of drug-likeness (QED) is 0.426. The Bertz CT molecular complexity index is 830. The molecule has 132 valence electrons. The van der Waals surface area contributed by atoms with Gasteiger partial charge in [0, 0.05) is 30.1 Å². The zero-order chi connectivity index (χ0) is 16.9. The van der Waals surface area contributed by atoms with Crippen LogP contribution in [0.3, 0.4) is 0 Å². The van der Waals surface area contributed by atoms with Crippen molar-refractivity contribution in [1.82, 2.24) is 10.3 Å². The predicted octanol–water partition coefficient (Wildman–Crippen LogP) is -1.61. The maximum atomic E-state index is 12.2. The number of rotatable bonds is 6. The monoisotopic (exact) mass is 359 g/mol. The topological polar surface area (TPSA) is 92.8 Å². The number of aromatic hydroxyl groups is 1. The Morgan fingerprint density at radius 1 is 1.16 bits per heavy atom. The molecule has 0 radical (unpaired) electrons. The van der Waals surface area contributed by atoms with Crippen molar-refractivity contribution in [2.45, 2.75) is 18.9 Å². The Hall–Kier alpha value is -2.50. The highest BCUT2D eigenvalue weighted by molar-refractivity contribution is 5.85. The van der Waals surface area contributed by atoms with Gasteiger partial charge in [-0.05, 0) is 35.7 Å². The van der Waals surface area contributed by atoms with E-state index in [-0.39, 0.29) is 30.1 Å². The summed E-state index contributed by atoms with van der Waals surface area (Å²) in [6.45, 7) is 0.559. The van der Waals surface area contributed by atoms with Crippen LogP contribution in [-0.2, 0) is 17.6 Å². The summed E-state index contributed by atoms with van der Waals surface area (Å²) in [6.07, 6.45) is 3.29. The lowest BCUT2D eigenvalue weighted by atomic mass is 10.0. The lowest BCUT2D eigenvalue weighted by Gasteiger charge is -2.09. The average molecular weight is 360 g/mol. The molecule has 3 aromatic rings. The van der Waals surface area contributed by atoms with Crippen molar-refractivity contribution < 1.29 is 28.0 Å². The standard InChI is InChI=1S/C19H21N3O2.ClH/c20-17(11-14-12-22-18-4-2-1-3-16(14)18)19(24)21-10-9-13-5-7-15(23)8-6-13;/h1-8,12,17,22-23H,9-11,20H2,(H,21,24);1H/t17-;/m0./s1. The van der Waals surface area contributed by atoms with E-state index in [0.717, 1.165) is 28.5 Å². The molecule has 1 aromatic heterocycles. The summed E-state index contributed by atoms with van der Waals surface area (Å²) in [6, 6.07) is 14.7. The van der Waals surface area contributed by atoms with Gasteiger partial charge in [0.05, 0.1) is 0 Å². The minimum Gasteiger partial charge on any atom is -1.00 e. The number of carbonyl (C=O) groups is 1. The van der Waals surface area contributed by atoms with Crippen LogP contribution >= 0.6 is 0 Å². The minimum atomic E-state index is -0.330. The number of quaternary nitrogens is 1. The zero-order valence-electron chi connectivity index (χ0n) is 13.8. The Morgan fingerprint density at radius 2 is 1.88 bits per heavy atom. The molecule has 0 bridgehead atoms. The van der Waals surface area contributed by atoms with Crippen molar-refractivity contribution >= 4 is 16.8 Å². The first kappa shape index (κ1) is 18.8. The second kappa shape index (κ2) is 8.55. The smallest absolute Gasteiger partial charge is 0.278 e. The predicted molar refractivity (Wildman–Crippen MR) is 93.5 cm³/mol. The largest absolute Gasteiger partial charge is 1.00 e. The van der Waals surface area contributed by atoms with E-state index in [1.54, 1.807) is 12.1 Å². The third kappa shape index (κ3) is 4.75. The van der Waals surface area contributed by atoms with Gasteiger partial charge in [-0.2, -0.15) is 0 Å². The molecule has 0 unspecified atom stereocenters. The molecule has 0 aliphatic rings. The number of aromatic nitrogens is 1. The second-order valence-corrected chi connectivity index (χ2v) is 5.97. The molecule has 6 N–H and O–H groups in total. The van der Waals surface area contributed by atoms with Crippen molar-refractivity contribution in [1.29, 1.82) is 0 Å². The molecule has 1 heterocycles. The summed E-state index contributed by atoms with van der Waals surface area (Å²) in [4.78, 5) is 15.4. The van der Waals surface area contributed by atoms with E-state index in [4.69, 9.17) is 0 Å². The number of amides is 1. The highest BCUT2D eigenvalue weighted by Gasteiger charge is 2.19. The molecule has 2 aromatic carbocycles. The Morgan fingerprint density at radius 3 is 2.64 bits per heavy atom. The number of phenolic OH excluding ortho intramolecular Hbond substituents is 1. The van der Waals surface area contributed by atoms with Crippen LogP contribution in [0.5, 0.6) is 5.75 Å². The molecule has 0 spiro atoms. The number of halogens is 1. The molecule has 3 rings (SSSR count). The third-order valence-corrected chi connectivity index (χ3v) is 4.16. The first-order valence-electron chi connectivity index (χ1n) is 8.07. The van der Waals surface area contributed by atoms with Crippen LogP contribution in [0.1, 0.15) is 11.1 Å². The lowest BCUT2D eigenvalue weighted by molar-refractivity contribution is -0.403. The maximum Gasteiger partial charge on any atom is 0.278 e. The molecular weight excluding hydrogens is 338 g/mol.